The SMILES string of the molecule is Cn1nc(-c2ccccc2)c(N)c1C(=O)[O-].[Na+]. The van der Waals surface area contributed by atoms with E-state index in [9.17, 15) is 9.90 Å². The van der Waals surface area contributed by atoms with Gasteiger partial charge in [0.05, 0.1) is 11.7 Å². The Balaban J connectivity index is 0.00000144. The molecule has 0 aliphatic carbocycles. The smallest absolute Gasteiger partial charge is 0.543 e. The Morgan fingerprint density at radius 1 is 1.35 bits per heavy atom. The first-order valence-corrected chi connectivity index (χ1v) is 4.70. The summed E-state index contributed by atoms with van der Waals surface area (Å²) in [6.07, 6.45) is 0. The minimum absolute atomic E-state index is 0. The Labute approximate surface area is 121 Å². The van der Waals surface area contributed by atoms with Gasteiger partial charge >= 0.3 is 29.6 Å². The zero-order valence-corrected chi connectivity index (χ0v) is 11.7. The summed E-state index contributed by atoms with van der Waals surface area (Å²) in [7, 11) is 1.52. The number of hydrogen-bond acceptors (Lipinski definition) is 4. The third-order valence-corrected chi connectivity index (χ3v) is 2.32. The monoisotopic (exact) mass is 239 g/mol. The molecule has 2 N–H and O–H groups in total. The zero-order valence-electron chi connectivity index (χ0n) is 9.68. The van der Waals surface area contributed by atoms with Gasteiger partial charge in [-0.15, -0.1) is 0 Å². The number of aromatic carboxylic acids is 1. The molecule has 2 rings (SSSR count). The minimum atomic E-state index is -1.32. The van der Waals surface area contributed by atoms with Crippen LogP contribution >= 0.6 is 0 Å². The summed E-state index contributed by atoms with van der Waals surface area (Å²) in [5, 5.41) is 14.9. The summed E-state index contributed by atoms with van der Waals surface area (Å²) < 4.78 is 1.22. The molecule has 0 atom stereocenters. The Morgan fingerprint density at radius 3 is 2.41 bits per heavy atom. The molecular weight excluding hydrogens is 229 g/mol. The number of carbonyl (C=O) groups is 1. The summed E-state index contributed by atoms with van der Waals surface area (Å²) >= 11 is 0. The van der Waals surface area contributed by atoms with Crippen LogP contribution in [0.4, 0.5) is 5.69 Å². The number of carboxylic acid groups (broad SMARTS) is 1. The topological polar surface area (TPSA) is 84.0 Å². The Morgan fingerprint density at radius 2 is 1.94 bits per heavy atom. The van der Waals surface area contributed by atoms with Crippen LogP contribution in [0.15, 0.2) is 30.3 Å². The molecule has 2 aromatic rings. The van der Waals surface area contributed by atoms with Crippen LogP contribution in [0.2, 0.25) is 0 Å². The summed E-state index contributed by atoms with van der Waals surface area (Å²) in [6, 6.07) is 9.17. The van der Waals surface area contributed by atoms with Crippen LogP contribution in [0.25, 0.3) is 11.3 Å². The average Bonchev–Trinajstić information content (AvgIpc) is 2.55. The molecular formula is C11H10N3NaO2. The molecule has 0 saturated heterocycles. The molecule has 0 spiro atoms. The molecule has 0 amide bonds. The van der Waals surface area contributed by atoms with Gasteiger partial charge in [0.25, 0.3) is 0 Å². The fourth-order valence-corrected chi connectivity index (χ4v) is 1.59. The summed E-state index contributed by atoms with van der Waals surface area (Å²) in [4.78, 5) is 10.8. The molecule has 0 fully saturated rings. The van der Waals surface area contributed by atoms with E-state index in [1.807, 2.05) is 30.3 Å². The minimum Gasteiger partial charge on any atom is -0.543 e. The molecule has 82 valence electrons. The standard InChI is InChI=1S/C11H11N3O2.Na/c1-14-10(11(15)16)8(12)9(13-14)7-5-3-2-4-6-7;/h2-6H,12H2,1H3,(H,15,16);/q;+1/p-1. The van der Waals surface area contributed by atoms with Crippen LogP contribution in [0, 0.1) is 0 Å². The van der Waals surface area contributed by atoms with E-state index in [0.29, 0.717) is 5.69 Å². The normalized spacial score (nSPS) is 9.71. The zero-order chi connectivity index (χ0) is 11.7. The van der Waals surface area contributed by atoms with Gasteiger partial charge in [-0.1, -0.05) is 30.3 Å². The molecule has 0 aliphatic heterocycles. The van der Waals surface area contributed by atoms with Crippen molar-refractivity contribution >= 4 is 11.7 Å². The van der Waals surface area contributed by atoms with Crippen molar-refractivity contribution in [2.45, 2.75) is 0 Å². The van der Waals surface area contributed by atoms with E-state index in [1.54, 1.807) is 0 Å². The van der Waals surface area contributed by atoms with Crippen molar-refractivity contribution in [3.63, 3.8) is 0 Å². The third-order valence-electron chi connectivity index (χ3n) is 2.32. The van der Waals surface area contributed by atoms with Gasteiger partial charge in [0.2, 0.25) is 0 Å². The van der Waals surface area contributed by atoms with Crippen LogP contribution in [0.3, 0.4) is 0 Å². The number of aromatic nitrogens is 2. The first-order valence-electron chi connectivity index (χ1n) is 4.70. The van der Waals surface area contributed by atoms with E-state index >= 15 is 0 Å². The van der Waals surface area contributed by atoms with Crippen LogP contribution in [-0.4, -0.2) is 15.7 Å². The van der Waals surface area contributed by atoms with Crippen LogP contribution in [0.1, 0.15) is 10.5 Å². The third kappa shape index (κ3) is 2.52. The van der Waals surface area contributed by atoms with E-state index in [2.05, 4.69) is 5.10 Å². The first-order chi connectivity index (χ1) is 7.61. The molecule has 1 aromatic heterocycles. The van der Waals surface area contributed by atoms with Crippen molar-refractivity contribution in [2.75, 3.05) is 5.73 Å². The van der Waals surface area contributed by atoms with E-state index in [4.69, 9.17) is 5.73 Å². The molecule has 0 aliphatic rings. The van der Waals surface area contributed by atoms with Crippen LogP contribution in [-0.2, 0) is 7.05 Å². The van der Waals surface area contributed by atoms with Gasteiger partial charge in [0.15, 0.2) is 0 Å². The number of nitrogens with two attached hydrogens (primary N) is 1. The maximum absolute atomic E-state index is 10.8. The number of hydrogen-bond donors (Lipinski definition) is 1. The average molecular weight is 239 g/mol. The largest absolute Gasteiger partial charge is 1.00 e. The Hall–Kier alpha value is -1.30. The van der Waals surface area contributed by atoms with Crippen LogP contribution in [0.5, 0.6) is 0 Å². The van der Waals surface area contributed by atoms with Crippen molar-refractivity contribution < 1.29 is 39.5 Å². The second kappa shape index (κ2) is 5.35. The van der Waals surface area contributed by atoms with Gasteiger partial charge in [0.1, 0.15) is 11.4 Å². The summed E-state index contributed by atoms with van der Waals surface area (Å²) in [6.45, 7) is 0. The summed E-state index contributed by atoms with van der Waals surface area (Å²) in [5.74, 6) is -1.32. The molecule has 17 heavy (non-hydrogen) atoms. The van der Waals surface area contributed by atoms with E-state index in [-0.39, 0.29) is 40.9 Å². The fourth-order valence-electron chi connectivity index (χ4n) is 1.59. The van der Waals surface area contributed by atoms with Gasteiger partial charge in [-0.25, -0.2) is 0 Å². The quantitative estimate of drug-likeness (QED) is 0.567. The number of nitrogens with zero attached hydrogens (tertiary/aromatic N) is 2. The van der Waals surface area contributed by atoms with Crippen LogP contribution < -0.4 is 40.4 Å². The number of carbonyl (C=O) groups excluding carboxylic acids is 1. The molecule has 1 heterocycles. The van der Waals surface area contributed by atoms with Crippen molar-refractivity contribution in [1.29, 1.82) is 0 Å². The number of nitrogen functional groups attached to an aromatic ring is 1. The number of benzene rings is 1. The molecule has 0 radical (unpaired) electrons. The molecule has 6 heteroatoms. The van der Waals surface area contributed by atoms with Gasteiger partial charge in [-0.05, 0) is 0 Å². The van der Waals surface area contributed by atoms with Crippen molar-refractivity contribution in [3.05, 3.63) is 36.0 Å². The first kappa shape index (κ1) is 13.8. The molecule has 5 nitrogen and oxygen atoms in total. The number of rotatable bonds is 2. The summed E-state index contributed by atoms with van der Waals surface area (Å²) in [5.41, 5.74) is 7.01. The van der Waals surface area contributed by atoms with E-state index in [0.717, 1.165) is 5.56 Å². The van der Waals surface area contributed by atoms with E-state index in [1.165, 1.54) is 11.7 Å². The molecule has 0 unspecified atom stereocenters. The van der Waals surface area contributed by atoms with Gasteiger partial charge in [-0.3, -0.25) is 4.68 Å². The predicted molar refractivity (Wildman–Crippen MR) is 57.4 cm³/mol. The molecule has 0 saturated carbocycles. The predicted octanol–water partition coefficient (Wildman–Crippen LogP) is -2.96. The molecule has 1 aromatic carbocycles. The second-order valence-electron chi connectivity index (χ2n) is 3.39. The Kier molecular flexibility index (Phi) is 4.34. The van der Waals surface area contributed by atoms with Gasteiger partial charge in [-0.2, -0.15) is 5.10 Å². The van der Waals surface area contributed by atoms with Crippen molar-refractivity contribution in [1.82, 2.24) is 9.78 Å². The van der Waals surface area contributed by atoms with Crippen molar-refractivity contribution in [2.24, 2.45) is 7.05 Å². The number of aryl methyl sites for hydroxylation is 1. The fraction of sp³-hybridized carbons (Fsp3) is 0.0909. The van der Waals surface area contributed by atoms with Gasteiger partial charge in [0, 0.05) is 12.6 Å². The van der Waals surface area contributed by atoms with Gasteiger partial charge < -0.3 is 15.6 Å². The van der Waals surface area contributed by atoms with E-state index < -0.39 is 5.97 Å². The second-order valence-corrected chi connectivity index (χ2v) is 3.39. The number of anilines is 1. The maximum Gasteiger partial charge on any atom is 1.00 e. The molecule has 0 bridgehead atoms. The van der Waals surface area contributed by atoms with Crippen molar-refractivity contribution in [3.8, 4) is 11.3 Å². The maximum atomic E-state index is 10.8. The number of carboxylic acids is 1. The Bertz CT molecular complexity index is 537.